The van der Waals surface area contributed by atoms with Crippen LogP contribution in [-0.2, 0) is 21.5 Å². The number of ether oxygens (including phenoxy) is 2. The molecule has 1 aliphatic rings. The molecule has 1 aromatic carbocycles. The summed E-state index contributed by atoms with van der Waals surface area (Å²) in [6.45, 7) is 19.7. The minimum Gasteiger partial charge on any atom is -0.454 e. The number of nitrogens with one attached hydrogen (secondary N) is 1. The molecular weight excluding hydrogens is 554 g/mol. The predicted molar refractivity (Wildman–Crippen MR) is 170 cm³/mol. The summed E-state index contributed by atoms with van der Waals surface area (Å²) < 4.78 is 36.5. The van der Waals surface area contributed by atoms with Gasteiger partial charge in [-0.3, -0.25) is 14.3 Å². The zero-order chi connectivity index (χ0) is 33.2. The van der Waals surface area contributed by atoms with Crippen LogP contribution in [0.4, 0.5) is 8.78 Å². The van der Waals surface area contributed by atoms with Crippen molar-refractivity contribution >= 4 is 11.8 Å². The number of nitrogens with zero attached hydrogens (tertiary/aromatic N) is 2. The summed E-state index contributed by atoms with van der Waals surface area (Å²) in [5, 5.41) is 7.01. The van der Waals surface area contributed by atoms with Gasteiger partial charge in [0.25, 0.3) is 0 Å². The number of amides is 2. The first-order chi connectivity index (χ1) is 20.2. The van der Waals surface area contributed by atoms with Gasteiger partial charge < -0.3 is 20.5 Å². The van der Waals surface area contributed by atoms with E-state index < -0.39 is 24.5 Å². The summed E-state index contributed by atoms with van der Waals surface area (Å²) in [7, 11) is 0. The van der Waals surface area contributed by atoms with Crippen molar-refractivity contribution in [1.82, 2.24) is 15.1 Å². The maximum Gasteiger partial charge on any atom is 0.239 e. The number of fused-ring (bicyclic) bond motifs is 1. The zero-order valence-corrected chi connectivity index (χ0v) is 27.6. The van der Waals surface area contributed by atoms with Crippen LogP contribution in [0.1, 0.15) is 99.3 Å². The predicted octanol–water partition coefficient (Wildman–Crippen LogP) is 7.29. The van der Waals surface area contributed by atoms with Crippen molar-refractivity contribution in [2.24, 2.45) is 5.73 Å². The molecule has 0 spiro atoms. The number of carbonyl (C=O) groups is 2. The normalized spacial score (nSPS) is 12.4. The maximum atomic E-state index is 12.6. The lowest BCUT2D eigenvalue weighted by Gasteiger charge is -2.19. The second-order valence-corrected chi connectivity index (χ2v) is 10.8. The number of carbonyl (C=O) groups excluding carboxylic acids is 2. The van der Waals surface area contributed by atoms with E-state index in [-0.39, 0.29) is 24.7 Å². The molecule has 3 N–H and O–H groups in total. The summed E-state index contributed by atoms with van der Waals surface area (Å²) in [6, 6.07) is 6.70. The second-order valence-electron chi connectivity index (χ2n) is 10.8. The average Bonchev–Trinajstić information content (AvgIpc) is 3.64. The third-order valence-electron chi connectivity index (χ3n) is 6.02. The van der Waals surface area contributed by atoms with E-state index in [4.69, 9.17) is 15.2 Å². The van der Waals surface area contributed by atoms with Crippen LogP contribution in [0.25, 0.3) is 0 Å². The van der Waals surface area contributed by atoms with Crippen LogP contribution in [0.5, 0.6) is 11.5 Å². The largest absolute Gasteiger partial charge is 0.454 e. The third kappa shape index (κ3) is 15.4. The van der Waals surface area contributed by atoms with Gasteiger partial charge in [0.2, 0.25) is 18.6 Å². The van der Waals surface area contributed by atoms with E-state index in [1.165, 1.54) is 11.8 Å². The fraction of sp³-hybridized carbons (Fsp3) is 0.545. The van der Waals surface area contributed by atoms with Crippen molar-refractivity contribution in [3.63, 3.8) is 0 Å². The van der Waals surface area contributed by atoms with Gasteiger partial charge in [-0.05, 0) is 82.4 Å². The molecule has 3 rings (SSSR count). The quantitative estimate of drug-likeness (QED) is 0.292. The molecule has 1 atom stereocenters. The summed E-state index contributed by atoms with van der Waals surface area (Å²) in [5.74, 6) is 0.530. The van der Waals surface area contributed by atoms with Crippen molar-refractivity contribution < 1.29 is 27.8 Å². The van der Waals surface area contributed by atoms with E-state index >= 15 is 0 Å². The van der Waals surface area contributed by atoms with Crippen LogP contribution in [0.3, 0.4) is 0 Å². The fourth-order valence-corrected chi connectivity index (χ4v) is 3.40. The Balaban J connectivity index is 0.000000623. The Morgan fingerprint density at radius 1 is 1.09 bits per heavy atom. The Morgan fingerprint density at radius 2 is 1.70 bits per heavy atom. The number of nitrogens with two attached hydrogens (primary N) is 1. The topological polar surface area (TPSA) is 108 Å². The first-order valence-corrected chi connectivity index (χ1v) is 14.9. The maximum absolute atomic E-state index is 12.6. The Labute approximate surface area is 256 Å². The lowest BCUT2D eigenvalue weighted by molar-refractivity contribution is -0.126. The van der Waals surface area contributed by atoms with Crippen molar-refractivity contribution in [2.45, 2.75) is 106 Å². The molecule has 0 radical (unpaired) electrons. The average molecular weight is 607 g/mol. The Kier molecular flexibility index (Phi) is 18.5. The smallest absolute Gasteiger partial charge is 0.239 e. The number of benzene rings is 1. The monoisotopic (exact) mass is 606 g/mol. The molecule has 1 aliphatic heterocycles. The first-order valence-electron chi connectivity index (χ1n) is 14.9. The van der Waals surface area contributed by atoms with E-state index in [1.54, 1.807) is 25.1 Å². The number of allylic oxidation sites excluding steroid dienone is 4. The van der Waals surface area contributed by atoms with Crippen molar-refractivity contribution in [3.8, 4) is 11.5 Å². The minimum absolute atomic E-state index is 0.104. The summed E-state index contributed by atoms with van der Waals surface area (Å²) in [5.41, 5.74) is 8.13. The number of primary amides is 1. The lowest BCUT2D eigenvalue weighted by Crippen LogP contribution is -2.42. The fourth-order valence-electron chi connectivity index (χ4n) is 3.40. The molecule has 1 aromatic heterocycles. The van der Waals surface area contributed by atoms with E-state index in [9.17, 15) is 18.4 Å². The molecule has 0 bridgehead atoms. The number of hydrogen-bond acceptors (Lipinski definition) is 5. The molecule has 0 saturated carbocycles. The van der Waals surface area contributed by atoms with Crippen LogP contribution in [0, 0.1) is 0 Å². The molecule has 0 saturated heterocycles. The molecule has 43 heavy (non-hydrogen) atoms. The van der Waals surface area contributed by atoms with Gasteiger partial charge in [-0.2, -0.15) is 5.10 Å². The molecule has 2 heterocycles. The highest BCUT2D eigenvalue weighted by atomic mass is 19.1. The van der Waals surface area contributed by atoms with Crippen LogP contribution in [-0.4, -0.2) is 41.1 Å². The lowest BCUT2D eigenvalue weighted by atomic mass is 10.1. The van der Waals surface area contributed by atoms with Crippen LogP contribution in [0.15, 0.2) is 54.0 Å². The van der Waals surface area contributed by atoms with Crippen LogP contribution >= 0.6 is 0 Å². The van der Waals surface area contributed by atoms with Crippen molar-refractivity contribution in [3.05, 3.63) is 65.3 Å². The third-order valence-corrected chi connectivity index (χ3v) is 6.02. The van der Waals surface area contributed by atoms with Crippen molar-refractivity contribution in [2.75, 3.05) is 13.5 Å². The van der Waals surface area contributed by atoms with E-state index in [2.05, 4.69) is 57.3 Å². The van der Waals surface area contributed by atoms with Gasteiger partial charge in [-0.15, -0.1) is 0 Å². The summed E-state index contributed by atoms with van der Waals surface area (Å²) >= 11 is 0. The number of halogens is 2. The summed E-state index contributed by atoms with van der Waals surface area (Å²) in [4.78, 5) is 22.4. The first kappa shape index (κ1) is 39.3. The minimum atomic E-state index is -0.733. The molecule has 0 aliphatic carbocycles. The highest BCUT2D eigenvalue weighted by Crippen LogP contribution is 2.32. The van der Waals surface area contributed by atoms with Crippen LogP contribution in [0.2, 0.25) is 0 Å². The molecule has 0 unspecified atom stereocenters. The number of hydrogen-bond donors (Lipinski definition) is 2. The standard InChI is InChI=1S/C12H14N2O4.C10H18N2.C9H14F2.C2H6/c1-7(12(13)16)14-11(15)5-8-2-3-9-10(4-8)18-6-17-9;1-8(2)9-6-7-12(11-9)10(3,4)5;1-3-8(4-2)7-9(11)5-6-10;1-2/h2-4,7H,5-6H2,1H3,(H2,13,16)(H,14,15);6-8H,1-5H3;5,7H,3-4,6H2,1-2H3;1-2H3/b;;9-5+;/t7-;;;/m0.../s1. The molecule has 8 nitrogen and oxygen atoms in total. The Bertz CT molecular complexity index is 1180. The Hall–Kier alpha value is -3.69. The summed E-state index contributed by atoms with van der Waals surface area (Å²) in [6.07, 6.45) is 6.20. The molecule has 10 heteroatoms. The molecule has 2 amide bonds. The van der Waals surface area contributed by atoms with Crippen molar-refractivity contribution in [1.29, 1.82) is 0 Å². The zero-order valence-electron chi connectivity index (χ0n) is 27.6. The molecule has 0 fully saturated rings. The van der Waals surface area contributed by atoms with Gasteiger partial charge >= 0.3 is 0 Å². The highest BCUT2D eigenvalue weighted by Gasteiger charge is 2.17. The molecule has 2 aromatic rings. The van der Waals surface area contributed by atoms with Gasteiger partial charge in [-0.1, -0.05) is 53.2 Å². The number of alkyl halides is 1. The van der Waals surface area contributed by atoms with Crippen LogP contribution < -0.4 is 20.5 Å². The molecular formula is C33H52F2N4O4. The van der Waals surface area contributed by atoms with E-state index in [1.807, 2.05) is 32.4 Å². The SMILES string of the molecule is CC.CC(C)c1ccn(C(C)(C)C)n1.CCC(=C/C(F)=C\CF)CC.C[C@H](NC(=O)Cc1ccc2c(c1)OCO2)C(N)=O. The number of rotatable bonds is 9. The van der Waals surface area contributed by atoms with Gasteiger partial charge in [-0.25, -0.2) is 8.78 Å². The molecule has 242 valence electrons. The van der Waals surface area contributed by atoms with Gasteiger partial charge in [0.15, 0.2) is 11.5 Å². The van der Waals surface area contributed by atoms with Gasteiger partial charge in [0, 0.05) is 6.20 Å². The van der Waals surface area contributed by atoms with E-state index in [0.29, 0.717) is 17.4 Å². The Morgan fingerprint density at radius 3 is 2.16 bits per heavy atom. The van der Waals surface area contributed by atoms with Gasteiger partial charge in [0.1, 0.15) is 18.5 Å². The van der Waals surface area contributed by atoms with E-state index in [0.717, 1.165) is 30.1 Å². The second kappa shape index (κ2) is 20.3. The number of aromatic nitrogens is 2. The highest BCUT2D eigenvalue weighted by molar-refractivity contribution is 5.87. The van der Waals surface area contributed by atoms with Gasteiger partial charge in [0.05, 0.1) is 17.7 Å².